The maximum atomic E-state index is 13.4. The van der Waals surface area contributed by atoms with Crippen LogP contribution in [0.15, 0.2) is 42.5 Å². The first-order valence-corrected chi connectivity index (χ1v) is 10.5. The number of nitrogens with zero attached hydrogens (tertiary/aromatic N) is 1. The largest absolute Gasteiger partial charge is 0.292 e. The fourth-order valence-electron chi connectivity index (χ4n) is 4.57. The quantitative estimate of drug-likeness (QED) is 0.580. The van der Waals surface area contributed by atoms with E-state index in [4.69, 9.17) is 0 Å². The predicted octanol–water partition coefficient (Wildman–Crippen LogP) is 4.30. The van der Waals surface area contributed by atoms with Crippen molar-refractivity contribution in [1.82, 2.24) is 4.90 Å². The van der Waals surface area contributed by atoms with Crippen LogP contribution >= 0.6 is 0 Å². The first-order valence-electron chi connectivity index (χ1n) is 10.5. The molecule has 0 amide bonds. The lowest BCUT2D eigenvalue weighted by Gasteiger charge is -2.39. The summed E-state index contributed by atoms with van der Waals surface area (Å²) in [5.41, 5.74) is 2.48. The van der Waals surface area contributed by atoms with Crippen molar-refractivity contribution in [3.63, 3.8) is 0 Å². The molecule has 1 heterocycles. The summed E-state index contributed by atoms with van der Waals surface area (Å²) in [4.78, 5) is 41.4. The van der Waals surface area contributed by atoms with Crippen LogP contribution in [-0.2, 0) is 12.8 Å². The summed E-state index contributed by atoms with van der Waals surface area (Å²) in [5.74, 6) is -0.996. The average molecular weight is 389 g/mol. The van der Waals surface area contributed by atoms with E-state index in [1.54, 1.807) is 18.2 Å². The minimum absolute atomic E-state index is 0.00454. The summed E-state index contributed by atoms with van der Waals surface area (Å²) in [5, 5.41) is 0. The molecule has 2 aliphatic rings. The van der Waals surface area contributed by atoms with Crippen molar-refractivity contribution < 1.29 is 14.4 Å². The number of aryl methyl sites for hydroxylation is 2. The minimum atomic E-state index is -0.629. The number of Topliss-reactive ketones (excluding diaryl/α,β-unsaturated/α-hetero) is 3. The molecule has 0 unspecified atom stereocenters. The van der Waals surface area contributed by atoms with Gasteiger partial charge in [-0.1, -0.05) is 42.8 Å². The van der Waals surface area contributed by atoms with E-state index in [0.717, 1.165) is 37.1 Å². The summed E-state index contributed by atoms with van der Waals surface area (Å²) in [6.45, 7) is 5.75. The Bertz CT molecular complexity index is 983. The van der Waals surface area contributed by atoms with E-state index in [0.29, 0.717) is 29.5 Å². The van der Waals surface area contributed by atoms with Crippen LogP contribution in [0.4, 0.5) is 0 Å². The highest BCUT2D eigenvalue weighted by Crippen LogP contribution is 2.28. The number of piperidine rings is 1. The summed E-state index contributed by atoms with van der Waals surface area (Å²) >= 11 is 0. The third-order valence-corrected chi connectivity index (χ3v) is 6.45. The van der Waals surface area contributed by atoms with Crippen molar-refractivity contribution in [3.05, 3.63) is 70.3 Å². The molecule has 2 aromatic carbocycles. The van der Waals surface area contributed by atoms with Crippen molar-refractivity contribution in [2.24, 2.45) is 0 Å². The second-order valence-corrected chi connectivity index (χ2v) is 8.62. The number of hydrogen-bond acceptors (Lipinski definition) is 4. The summed E-state index contributed by atoms with van der Waals surface area (Å²) in [6.07, 6.45) is 4.79. The Labute approximate surface area is 171 Å². The number of ketones is 3. The van der Waals surface area contributed by atoms with Gasteiger partial charge in [-0.25, -0.2) is 0 Å². The molecule has 150 valence electrons. The van der Waals surface area contributed by atoms with Gasteiger partial charge >= 0.3 is 0 Å². The Balaban J connectivity index is 1.68. The number of carbonyl (C=O) groups excluding carboxylic acids is 3. The molecule has 4 heteroatoms. The molecule has 0 radical (unpaired) electrons. The Hall–Kier alpha value is -2.59. The van der Waals surface area contributed by atoms with Crippen molar-refractivity contribution in [1.29, 1.82) is 0 Å². The van der Waals surface area contributed by atoms with Gasteiger partial charge in [-0.05, 0) is 69.8 Å². The molecule has 0 bridgehead atoms. The lowest BCUT2D eigenvalue weighted by Crippen LogP contribution is -2.52. The van der Waals surface area contributed by atoms with Gasteiger partial charge in [0, 0.05) is 16.7 Å². The SMILES string of the molecule is CC(C)(C(=O)c1ccc2c(c1)C(=O)C(=O)c1ccccc1CC2)N1CCCCC1. The Morgan fingerprint density at radius 1 is 0.828 bits per heavy atom. The summed E-state index contributed by atoms with van der Waals surface area (Å²) in [6, 6.07) is 12.6. The second kappa shape index (κ2) is 7.68. The van der Waals surface area contributed by atoms with Crippen LogP contribution < -0.4 is 0 Å². The van der Waals surface area contributed by atoms with Gasteiger partial charge in [0.2, 0.25) is 11.6 Å². The van der Waals surface area contributed by atoms with E-state index in [1.165, 1.54) is 6.42 Å². The molecular formula is C25H27NO3. The third-order valence-electron chi connectivity index (χ3n) is 6.45. The van der Waals surface area contributed by atoms with E-state index < -0.39 is 17.1 Å². The molecule has 4 nitrogen and oxygen atoms in total. The molecule has 0 atom stereocenters. The van der Waals surface area contributed by atoms with Gasteiger partial charge in [-0.2, -0.15) is 0 Å². The van der Waals surface area contributed by atoms with E-state index in [1.807, 2.05) is 38.1 Å². The summed E-state index contributed by atoms with van der Waals surface area (Å²) in [7, 11) is 0. The highest BCUT2D eigenvalue weighted by molar-refractivity contribution is 6.50. The van der Waals surface area contributed by atoms with Crippen molar-refractivity contribution >= 4 is 17.3 Å². The third kappa shape index (κ3) is 3.58. The van der Waals surface area contributed by atoms with Gasteiger partial charge in [0.05, 0.1) is 5.54 Å². The molecular weight excluding hydrogens is 362 g/mol. The number of rotatable bonds is 3. The van der Waals surface area contributed by atoms with Crippen LogP contribution in [0.25, 0.3) is 0 Å². The van der Waals surface area contributed by atoms with Crippen LogP contribution in [0, 0.1) is 0 Å². The molecule has 0 aromatic heterocycles. The van der Waals surface area contributed by atoms with E-state index in [9.17, 15) is 14.4 Å². The summed E-state index contributed by atoms with van der Waals surface area (Å²) < 4.78 is 0. The van der Waals surface area contributed by atoms with E-state index >= 15 is 0 Å². The topological polar surface area (TPSA) is 54.5 Å². The molecule has 1 aliphatic carbocycles. The van der Waals surface area contributed by atoms with Gasteiger partial charge in [0.15, 0.2) is 5.78 Å². The van der Waals surface area contributed by atoms with Gasteiger partial charge in [0.1, 0.15) is 0 Å². The molecule has 0 spiro atoms. The van der Waals surface area contributed by atoms with Crippen molar-refractivity contribution in [2.75, 3.05) is 13.1 Å². The predicted molar refractivity (Wildman–Crippen MR) is 113 cm³/mol. The van der Waals surface area contributed by atoms with E-state index in [-0.39, 0.29) is 5.78 Å². The lowest BCUT2D eigenvalue weighted by molar-refractivity contribution is 0.0579. The normalized spacial score (nSPS) is 17.9. The fourth-order valence-corrected chi connectivity index (χ4v) is 4.57. The van der Waals surface area contributed by atoms with Gasteiger partial charge < -0.3 is 0 Å². The second-order valence-electron chi connectivity index (χ2n) is 8.62. The van der Waals surface area contributed by atoms with Crippen molar-refractivity contribution in [2.45, 2.75) is 51.5 Å². The van der Waals surface area contributed by atoms with E-state index in [2.05, 4.69) is 4.90 Å². The minimum Gasteiger partial charge on any atom is -0.292 e. The number of fused-ring (bicyclic) bond motifs is 2. The smallest absolute Gasteiger partial charge is 0.233 e. The van der Waals surface area contributed by atoms with Crippen LogP contribution in [0.3, 0.4) is 0 Å². The Kier molecular flexibility index (Phi) is 5.22. The van der Waals surface area contributed by atoms with Gasteiger partial charge in [-0.3, -0.25) is 19.3 Å². The van der Waals surface area contributed by atoms with Crippen LogP contribution in [0.1, 0.15) is 75.3 Å². The molecule has 2 aromatic rings. The molecule has 4 rings (SSSR count). The number of benzene rings is 2. The van der Waals surface area contributed by atoms with Gasteiger partial charge in [0.25, 0.3) is 0 Å². The zero-order valence-electron chi connectivity index (χ0n) is 17.2. The van der Waals surface area contributed by atoms with Crippen LogP contribution in [0.2, 0.25) is 0 Å². The maximum absolute atomic E-state index is 13.4. The molecule has 1 saturated heterocycles. The van der Waals surface area contributed by atoms with Crippen molar-refractivity contribution in [3.8, 4) is 0 Å². The maximum Gasteiger partial charge on any atom is 0.233 e. The van der Waals surface area contributed by atoms with Crippen LogP contribution in [-0.4, -0.2) is 40.9 Å². The fraction of sp³-hybridized carbons (Fsp3) is 0.400. The Morgan fingerprint density at radius 2 is 1.45 bits per heavy atom. The van der Waals surface area contributed by atoms with Crippen LogP contribution in [0.5, 0.6) is 0 Å². The zero-order valence-corrected chi connectivity index (χ0v) is 17.2. The highest BCUT2D eigenvalue weighted by atomic mass is 16.2. The first-order chi connectivity index (χ1) is 13.9. The number of carbonyl (C=O) groups is 3. The number of hydrogen-bond donors (Lipinski definition) is 0. The molecule has 0 N–H and O–H groups in total. The Morgan fingerprint density at radius 3 is 2.17 bits per heavy atom. The van der Waals surface area contributed by atoms with Gasteiger partial charge in [-0.15, -0.1) is 0 Å². The zero-order chi connectivity index (χ0) is 20.6. The molecule has 0 saturated carbocycles. The molecule has 1 aliphatic heterocycles. The molecule has 1 fully saturated rings. The highest BCUT2D eigenvalue weighted by Gasteiger charge is 2.36. The standard InChI is InChI=1S/C25H27NO3/c1-25(2,26-14-6-3-7-15-26)24(29)19-13-12-18-11-10-17-8-4-5-9-20(17)22(27)23(28)21(18)16-19/h4-5,8-9,12-13,16H,3,6-7,10-11,14-15H2,1-2H3. The lowest BCUT2D eigenvalue weighted by atomic mass is 9.84. The number of likely N-dealkylation sites (tertiary alicyclic amines) is 1. The molecule has 29 heavy (non-hydrogen) atoms. The monoisotopic (exact) mass is 389 g/mol. The average Bonchev–Trinajstić information content (AvgIpc) is 2.76. The first kappa shape index (κ1) is 19.7.